The fraction of sp³-hybridized carbons (Fsp3) is 0.500. The summed E-state index contributed by atoms with van der Waals surface area (Å²) in [5.41, 5.74) is -0.687. The number of alkyl halides is 1. The van der Waals surface area contributed by atoms with E-state index in [1.807, 2.05) is 6.07 Å². The third kappa shape index (κ3) is 2.56. The van der Waals surface area contributed by atoms with Crippen molar-refractivity contribution in [3.05, 3.63) is 10.0 Å². The standard InChI is InChI=1S/C8H9ClFN3S/c1-8(2,4-10)13-7-12-6(9)5(3-11)14-7/h4H2,1-2H3,(H,12,13). The second-order valence-corrected chi connectivity index (χ2v) is 4.75. The number of aromatic nitrogens is 1. The van der Waals surface area contributed by atoms with Gasteiger partial charge < -0.3 is 5.32 Å². The van der Waals surface area contributed by atoms with Gasteiger partial charge in [-0.2, -0.15) is 5.26 Å². The zero-order valence-corrected chi connectivity index (χ0v) is 9.34. The molecule has 0 aliphatic heterocycles. The van der Waals surface area contributed by atoms with Gasteiger partial charge in [-0.15, -0.1) is 0 Å². The summed E-state index contributed by atoms with van der Waals surface area (Å²) in [5, 5.41) is 12.1. The molecule has 0 fully saturated rings. The van der Waals surface area contributed by atoms with Gasteiger partial charge in [0.2, 0.25) is 0 Å². The second-order valence-electron chi connectivity index (χ2n) is 3.39. The molecule has 0 amide bonds. The zero-order valence-electron chi connectivity index (χ0n) is 7.77. The highest BCUT2D eigenvalue weighted by Crippen LogP contribution is 2.27. The molecule has 0 unspecified atom stereocenters. The van der Waals surface area contributed by atoms with E-state index in [2.05, 4.69) is 10.3 Å². The first kappa shape index (κ1) is 11.2. The molecule has 14 heavy (non-hydrogen) atoms. The molecule has 0 aliphatic carbocycles. The third-order valence-electron chi connectivity index (χ3n) is 1.47. The molecule has 6 heteroatoms. The molecule has 1 N–H and O–H groups in total. The molecule has 0 aliphatic rings. The maximum absolute atomic E-state index is 12.5. The van der Waals surface area contributed by atoms with Crippen LogP contribution in [0.15, 0.2) is 0 Å². The summed E-state index contributed by atoms with van der Waals surface area (Å²) >= 11 is 6.78. The van der Waals surface area contributed by atoms with Gasteiger partial charge in [0.05, 0.1) is 5.54 Å². The molecule has 1 aromatic rings. The number of thiazole rings is 1. The van der Waals surface area contributed by atoms with E-state index < -0.39 is 12.2 Å². The monoisotopic (exact) mass is 233 g/mol. The van der Waals surface area contributed by atoms with E-state index in [1.54, 1.807) is 13.8 Å². The van der Waals surface area contributed by atoms with Crippen LogP contribution in [0.3, 0.4) is 0 Å². The molecular weight excluding hydrogens is 225 g/mol. The summed E-state index contributed by atoms with van der Waals surface area (Å²) in [6.45, 7) is 2.88. The number of rotatable bonds is 3. The first-order valence-electron chi connectivity index (χ1n) is 3.89. The Hall–Kier alpha value is -0.860. The van der Waals surface area contributed by atoms with Gasteiger partial charge in [-0.05, 0) is 13.8 Å². The summed E-state index contributed by atoms with van der Waals surface area (Å²) in [6.07, 6.45) is 0. The predicted octanol–water partition coefficient (Wildman–Crippen LogP) is 2.83. The van der Waals surface area contributed by atoms with Gasteiger partial charge in [-0.1, -0.05) is 22.9 Å². The molecule has 0 radical (unpaired) electrons. The van der Waals surface area contributed by atoms with Crippen LogP contribution < -0.4 is 5.32 Å². The number of anilines is 1. The number of nitriles is 1. The van der Waals surface area contributed by atoms with Gasteiger partial charge in [-0.25, -0.2) is 9.37 Å². The van der Waals surface area contributed by atoms with Crippen molar-refractivity contribution >= 4 is 28.1 Å². The van der Waals surface area contributed by atoms with E-state index in [-0.39, 0.29) is 5.15 Å². The Kier molecular flexibility index (Phi) is 3.29. The number of halogens is 2. The number of nitrogens with zero attached hydrogens (tertiary/aromatic N) is 2. The Morgan fingerprint density at radius 1 is 1.71 bits per heavy atom. The Labute approximate surface area is 90.5 Å². The fourth-order valence-corrected chi connectivity index (χ4v) is 1.87. The Morgan fingerprint density at radius 2 is 2.36 bits per heavy atom. The van der Waals surface area contributed by atoms with E-state index in [0.717, 1.165) is 11.3 Å². The van der Waals surface area contributed by atoms with Crippen molar-refractivity contribution in [2.45, 2.75) is 19.4 Å². The summed E-state index contributed by atoms with van der Waals surface area (Å²) in [5.74, 6) is 0. The van der Waals surface area contributed by atoms with Crippen molar-refractivity contribution < 1.29 is 4.39 Å². The number of nitrogens with one attached hydrogen (secondary N) is 1. The van der Waals surface area contributed by atoms with Crippen molar-refractivity contribution in [1.82, 2.24) is 4.98 Å². The van der Waals surface area contributed by atoms with Crippen LogP contribution in [0.4, 0.5) is 9.52 Å². The van der Waals surface area contributed by atoms with Crippen LogP contribution in [0, 0.1) is 11.3 Å². The molecule has 1 rings (SSSR count). The van der Waals surface area contributed by atoms with Gasteiger partial charge in [0.1, 0.15) is 17.6 Å². The molecule has 1 heterocycles. The largest absolute Gasteiger partial charge is 0.354 e. The van der Waals surface area contributed by atoms with Crippen LogP contribution in [0.5, 0.6) is 0 Å². The van der Waals surface area contributed by atoms with Crippen molar-refractivity contribution in [2.24, 2.45) is 0 Å². The minimum Gasteiger partial charge on any atom is -0.354 e. The van der Waals surface area contributed by atoms with Gasteiger partial charge in [0, 0.05) is 0 Å². The summed E-state index contributed by atoms with van der Waals surface area (Å²) in [6, 6.07) is 1.91. The average Bonchev–Trinajstić information content (AvgIpc) is 2.45. The molecule has 0 aromatic carbocycles. The molecule has 76 valence electrons. The van der Waals surface area contributed by atoms with E-state index in [4.69, 9.17) is 16.9 Å². The van der Waals surface area contributed by atoms with Crippen molar-refractivity contribution in [1.29, 1.82) is 5.26 Å². The maximum atomic E-state index is 12.5. The minimum atomic E-state index is -0.687. The molecule has 0 atom stereocenters. The van der Waals surface area contributed by atoms with E-state index in [1.165, 1.54) is 0 Å². The van der Waals surface area contributed by atoms with Crippen LogP contribution in [0.1, 0.15) is 18.7 Å². The quantitative estimate of drug-likeness (QED) is 0.874. The van der Waals surface area contributed by atoms with Crippen LogP contribution in [0.25, 0.3) is 0 Å². The summed E-state index contributed by atoms with van der Waals surface area (Å²) in [4.78, 5) is 4.24. The molecule has 3 nitrogen and oxygen atoms in total. The van der Waals surface area contributed by atoms with Crippen LogP contribution >= 0.6 is 22.9 Å². The highest BCUT2D eigenvalue weighted by atomic mass is 35.5. The first-order chi connectivity index (χ1) is 6.48. The highest BCUT2D eigenvalue weighted by molar-refractivity contribution is 7.16. The van der Waals surface area contributed by atoms with Crippen LogP contribution in [-0.2, 0) is 0 Å². The van der Waals surface area contributed by atoms with Crippen molar-refractivity contribution in [3.63, 3.8) is 0 Å². The van der Waals surface area contributed by atoms with Crippen LogP contribution in [0.2, 0.25) is 5.15 Å². The first-order valence-corrected chi connectivity index (χ1v) is 5.08. The average molecular weight is 234 g/mol. The lowest BCUT2D eigenvalue weighted by Gasteiger charge is -2.21. The molecule has 0 spiro atoms. The third-order valence-corrected chi connectivity index (χ3v) is 2.73. The lowest BCUT2D eigenvalue weighted by atomic mass is 10.1. The lowest BCUT2D eigenvalue weighted by Crippen LogP contribution is -2.32. The molecule has 0 saturated carbocycles. The Morgan fingerprint density at radius 3 is 2.79 bits per heavy atom. The lowest BCUT2D eigenvalue weighted by molar-refractivity contribution is 0.375. The van der Waals surface area contributed by atoms with Crippen molar-refractivity contribution in [2.75, 3.05) is 12.0 Å². The molecular formula is C8H9ClFN3S. The number of hydrogen-bond acceptors (Lipinski definition) is 4. The van der Waals surface area contributed by atoms with Gasteiger partial charge in [-0.3, -0.25) is 0 Å². The second kappa shape index (κ2) is 4.11. The highest BCUT2D eigenvalue weighted by Gasteiger charge is 2.19. The molecule has 0 saturated heterocycles. The SMILES string of the molecule is CC(C)(CF)Nc1nc(Cl)c(C#N)s1. The van der Waals surface area contributed by atoms with E-state index >= 15 is 0 Å². The molecule has 1 aromatic heterocycles. The van der Waals surface area contributed by atoms with Gasteiger partial charge >= 0.3 is 0 Å². The summed E-state index contributed by atoms with van der Waals surface area (Å²) in [7, 11) is 0. The van der Waals surface area contributed by atoms with Crippen molar-refractivity contribution in [3.8, 4) is 6.07 Å². The topological polar surface area (TPSA) is 48.7 Å². The number of hydrogen-bond donors (Lipinski definition) is 1. The molecule has 0 bridgehead atoms. The Balaban J connectivity index is 2.84. The van der Waals surface area contributed by atoms with Gasteiger partial charge in [0.15, 0.2) is 10.3 Å². The van der Waals surface area contributed by atoms with Gasteiger partial charge in [0.25, 0.3) is 0 Å². The summed E-state index contributed by atoms with van der Waals surface area (Å²) < 4.78 is 12.5. The van der Waals surface area contributed by atoms with Crippen LogP contribution in [-0.4, -0.2) is 17.2 Å². The van der Waals surface area contributed by atoms with E-state index in [9.17, 15) is 4.39 Å². The maximum Gasteiger partial charge on any atom is 0.185 e. The smallest absolute Gasteiger partial charge is 0.185 e. The zero-order chi connectivity index (χ0) is 10.8. The minimum absolute atomic E-state index is 0.162. The normalized spacial score (nSPS) is 11.1. The van der Waals surface area contributed by atoms with E-state index in [0.29, 0.717) is 10.0 Å². The fourth-order valence-electron chi connectivity index (χ4n) is 0.747. The Bertz CT molecular complexity index is 369. The predicted molar refractivity (Wildman–Crippen MR) is 55.5 cm³/mol.